The first-order valence-electron chi connectivity index (χ1n) is 7.46. The predicted molar refractivity (Wildman–Crippen MR) is 90.6 cm³/mol. The van der Waals surface area contributed by atoms with E-state index >= 15 is 0 Å². The lowest BCUT2D eigenvalue weighted by molar-refractivity contribution is -0.116. The van der Waals surface area contributed by atoms with Crippen molar-refractivity contribution in [2.75, 3.05) is 11.9 Å². The third-order valence-electron chi connectivity index (χ3n) is 3.27. The van der Waals surface area contributed by atoms with Crippen LogP contribution >= 0.6 is 0 Å². The van der Waals surface area contributed by atoms with Crippen molar-refractivity contribution in [1.29, 1.82) is 5.26 Å². The number of anilines is 1. The Hall–Kier alpha value is -2.76. The van der Waals surface area contributed by atoms with E-state index in [-0.39, 0.29) is 23.8 Å². The first kappa shape index (κ1) is 18.6. The van der Waals surface area contributed by atoms with Gasteiger partial charge in [0.2, 0.25) is 15.9 Å². The van der Waals surface area contributed by atoms with Gasteiger partial charge in [-0.05, 0) is 48.9 Å². The van der Waals surface area contributed by atoms with Gasteiger partial charge in [0, 0.05) is 18.7 Å². The molecule has 2 aromatic carbocycles. The lowest BCUT2D eigenvalue weighted by Gasteiger charge is -2.07. The number of carbonyl (C=O) groups is 1. The van der Waals surface area contributed by atoms with Crippen LogP contribution in [0.15, 0.2) is 53.4 Å². The summed E-state index contributed by atoms with van der Waals surface area (Å²) in [7, 11) is -3.73. The zero-order valence-electron chi connectivity index (χ0n) is 13.2. The Morgan fingerprint density at radius 1 is 1.16 bits per heavy atom. The van der Waals surface area contributed by atoms with E-state index in [1.54, 1.807) is 24.3 Å². The maximum Gasteiger partial charge on any atom is 0.240 e. The van der Waals surface area contributed by atoms with Crippen molar-refractivity contribution in [2.24, 2.45) is 0 Å². The first-order chi connectivity index (χ1) is 11.9. The van der Waals surface area contributed by atoms with E-state index in [2.05, 4.69) is 10.0 Å². The Kier molecular flexibility index (Phi) is 6.22. The lowest BCUT2D eigenvalue weighted by Crippen LogP contribution is -2.25. The highest BCUT2D eigenvalue weighted by Gasteiger charge is 2.13. The third-order valence-corrected chi connectivity index (χ3v) is 4.75. The molecule has 8 heteroatoms. The predicted octanol–water partition coefficient (Wildman–Crippen LogP) is 2.39. The topological polar surface area (TPSA) is 99.1 Å². The highest BCUT2D eigenvalue weighted by atomic mass is 32.2. The van der Waals surface area contributed by atoms with Crippen LogP contribution in [0.3, 0.4) is 0 Å². The molecule has 0 aliphatic rings. The van der Waals surface area contributed by atoms with Gasteiger partial charge in [-0.25, -0.2) is 17.5 Å². The lowest BCUT2D eigenvalue weighted by atomic mass is 10.2. The standard InChI is InChI=1S/C17H16FN3O3S/c18-14-6-8-16(9-7-14)25(23,24)20-10-2-5-17(22)21-15-4-1-3-13(11-15)12-19/h1,3-4,6-9,11,20H,2,5,10H2,(H,21,22). The number of nitrogens with one attached hydrogen (secondary N) is 2. The van der Waals surface area contributed by atoms with E-state index in [0.717, 1.165) is 12.1 Å². The number of hydrogen-bond donors (Lipinski definition) is 2. The van der Waals surface area contributed by atoms with Crippen LogP contribution in [0.4, 0.5) is 10.1 Å². The van der Waals surface area contributed by atoms with E-state index in [0.29, 0.717) is 17.7 Å². The molecule has 0 aliphatic heterocycles. The van der Waals surface area contributed by atoms with Crippen LogP contribution in [0.5, 0.6) is 0 Å². The monoisotopic (exact) mass is 361 g/mol. The molecule has 2 N–H and O–H groups in total. The Bertz CT molecular complexity index is 890. The molecular weight excluding hydrogens is 345 g/mol. The molecule has 2 aromatic rings. The molecule has 0 bridgehead atoms. The zero-order valence-corrected chi connectivity index (χ0v) is 14.0. The SMILES string of the molecule is N#Cc1cccc(NC(=O)CCCNS(=O)(=O)c2ccc(F)cc2)c1. The Morgan fingerprint density at radius 2 is 1.88 bits per heavy atom. The normalized spacial score (nSPS) is 10.9. The van der Waals surface area contributed by atoms with Crippen molar-refractivity contribution < 1.29 is 17.6 Å². The minimum atomic E-state index is -3.73. The summed E-state index contributed by atoms with van der Waals surface area (Å²) in [5.74, 6) is -0.799. The Labute approximate surface area is 145 Å². The van der Waals surface area contributed by atoms with Crippen molar-refractivity contribution in [3.63, 3.8) is 0 Å². The second kappa shape index (κ2) is 8.37. The van der Waals surface area contributed by atoms with Crippen molar-refractivity contribution in [3.8, 4) is 6.07 Å². The molecule has 130 valence electrons. The Morgan fingerprint density at radius 3 is 2.56 bits per heavy atom. The smallest absolute Gasteiger partial charge is 0.240 e. The fourth-order valence-electron chi connectivity index (χ4n) is 2.04. The van der Waals surface area contributed by atoms with Gasteiger partial charge in [-0.15, -0.1) is 0 Å². The minimum Gasteiger partial charge on any atom is -0.326 e. The number of nitriles is 1. The maximum absolute atomic E-state index is 12.8. The van der Waals surface area contributed by atoms with Crippen molar-refractivity contribution in [3.05, 3.63) is 59.9 Å². The van der Waals surface area contributed by atoms with E-state index < -0.39 is 15.8 Å². The van der Waals surface area contributed by atoms with Gasteiger partial charge in [0.25, 0.3) is 0 Å². The van der Waals surface area contributed by atoms with Crippen LogP contribution in [-0.4, -0.2) is 20.9 Å². The molecule has 0 aliphatic carbocycles. The summed E-state index contributed by atoms with van der Waals surface area (Å²) in [6.45, 7) is 0.0748. The summed E-state index contributed by atoms with van der Waals surface area (Å²) in [5.41, 5.74) is 0.945. The van der Waals surface area contributed by atoms with Crippen LogP contribution in [0.25, 0.3) is 0 Å². The van der Waals surface area contributed by atoms with Gasteiger partial charge in [0.1, 0.15) is 5.82 Å². The number of rotatable bonds is 7. The van der Waals surface area contributed by atoms with Crippen LogP contribution < -0.4 is 10.0 Å². The second-order valence-corrected chi connectivity index (χ2v) is 6.96. The van der Waals surface area contributed by atoms with Crippen LogP contribution in [0.2, 0.25) is 0 Å². The molecule has 0 unspecified atom stereocenters. The van der Waals surface area contributed by atoms with Gasteiger partial charge in [-0.2, -0.15) is 5.26 Å². The number of hydrogen-bond acceptors (Lipinski definition) is 4. The highest BCUT2D eigenvalue weighted by molar-refractivity contribution is 7.89. The summed E-state index contributed by atoms with van der Waals surface area (Å²) in [6.07, 6.45) is 0.410. The average Bonchev–Trinajstić information content (AvgIpc) is 2.59. The molecule has 0 aromatic heterocycles. The van der Waals surface area contributed by atoms with Gasteiger partial charge < -0.3 is 5.32 Å². The van der Waals surface area contributed by atoms with E-state index in [1.807, 2.05) is 6.07 Å². The zero-order chi connectivity index (χ0) is 18.3. The van der Waals surface area contributed by atoms with Gasteiger partial charge in [0.15, 0.2) is 0 Å². The molecule has 0 saturated heterocycles. The highest BCUT2D eigenvalue weighted by Crippen LogP contribution is 2.11. The molecule has 0 spiro atoms. The van der Waals surface area contributed by atoms with Gasteiger partial charge in [-0.3, -0.25) is 4.79 Å². The van der Waals surface area contributed by atoms with Crippen LogP contribution in [0.1, 0.15) is 18.4 Å². The maximum atomic E-state index is 12.8. The van der Waals surface area contributed by atoms with Crippen molar-refractivity contribution in [1.82, 2.24) is 4.72 Å². The third kappa shape index (κ3) is 5.67. The number of sulfonamides is 1. The summed E-state index contributed by atoms with van der Waals surface area (Å²) in [6, 6.07) is 13.0. The number of amides is 1. The van der Waals surface area contributed by atoms with E-state index in [1.165, 1.54) is 12.1 Å². The van der Waals surface area contributed by atoms with Gasteiger partial charge in [-0.1, -0.05) is 6.07 Å². The summed E-state index contributed by atoms with van der Waals surface area (Å²) < 4.78 is 39.1. The van der Waals surface area contributed by atoms with Crippen molar-refractivity contribution in [2.45, 2.75) is 17.7 Å². The van der Waals surface area contributed by atoms with E-state index in [4.69, 9.17) is 5.26 Å². The molecule has 25 heavy (non-hydrogen) atoms. The molecule has 2 rings (SSSR count). The average molecular weight is 361 g/mol. The Balaban J connectivity index is 1.79. The van der Waals surface area contributed by atoms with Gasteiger partial charge >= 0.3 is 0 Å². The fraction of sp³-hybridized carbons (Fsp3) is 0.176. The van der Waals surface area contributed by atoms with Crippen molar-refractivity contribution >= 4 is 21.6 Å². The van der Waals surface area contributed by atoms with Crippen LogP contribution in [0, 0.1) is 17.1 Å². The largest absolute Gasteiger partial charge is 0.326 e. The molecular formula is C17H16FN3O3S. The van der Waals surface area contributed by atoms with Crippen LogP contribution in [-0.2, 0) is 14.8 Å². The molecule has 6 nitrogen and oxygen atoms in total. The fourth-order valence-corrected chi connectivity index (χ4v) is 3.12. The van der Waals surface area contributed by atoms with E-state index in [9.17, 15) is 17.6 Å². The molecule has 0 heterocycles. The van der Waals surface area contributed by atoms with Gasteiger partial charge in [0.05, 0.1) is 16.5 Å². The molecule has 1 amide bonds. The summed E-state index contributed by atoms with van der Waals surface area (Å²) >= 11 is 0. The number of nitrogens with zero attached hydrogens (tertiary/aromatic N) is 1. The summed E-state index contributed by atoms with van der Waals surface area (Å²) in [4.78, 5) is 11.8. The minimum absolute atomic E-state index is 0.0355. The molecule has 0 saturated carbocycles. The summed E-state index contributed by atoms with van der Waals surface area (Å²) in [5, 5.41) is 11.4. The second-order valence-electron chi connectivity index (χ2n) is 5.20. The number of carbonyl (C=O) groups excluding carboxylic acids is 1. The molecule has 0 radical (unpaired) electrons. The molecule has 0 atom stereocenters. The quantitative estimate of drug-likeness (QED) is 0.740. The number of halogens is 1. The number of benzene rings is 2. The molecule has 0 fully saturated rings. The first-order valence-corrected chi connectivity index (χ1v) is 8.94.